The van der Waals surface area contributed by atoms with Gasteiger partial charge in [0.2, 0.25) is 0 Å². The van der Waals surface area contributed by atoms with E-state index in [1.165, 1.54) is 13.3 Å². The zero-order valence-electron chi connectivity index (χ0n) is 17.9. The number of primary amides is 1. The van der Waals surface area contributed by atoms with Crippen molar-refractivity contribution in [2.45, 2.75) is 19.9 Å². The van der Waals surface area contributed by atoms with Gasteiger partial charge in [-0.25, -0.2) is 5.43 Å². The van der Waals surface area contributed by atoms with Gasteiger partial charge >= 0.3 is 0 Å². The maximum Gasteiger partial charge on any atom is 0.262 e. The van der Waals surface area contributed by atoms with Gasteiger partial charge in [0.15, 0.2) is 18.1 Å². The fourth-order valence-corrected chi connectivity index (χ4v) is 2.89. The van der Waals surface area contributed by atoms with E-state index in [0.29, 0.717) is 22.1 Å². The van der Waals surface area contributed by atoms with Crippen LogP contribution < -0.4 is 25.9 Å². The first-order valence-corrected chi connectivity index (χ1v) is 10.1. The molecule has 2 rings (SSSR count). The summed E-state index contributed by atoms with van der Waals surface area (Å²) in [7, 11) is 1.45. The highest BCUT2D eigenvalue weighted by molar-refractivity contribution is 6.33. The van der Waals surface area contributed by atoms with E-state index in [1.54, 1.807) is 56.3 Å². The molecule has 1 atom stereocenters. The van der Waals surface area contributed by atoms with Gasteiger partial charge in [-0.3, -0.25) is 14.4 Å². The minimum Gasteiger partial charge on any atom is -0.493 e. The molecule has 2 aromatic carbocycles. The highest BCUT2D eigenvalue weighted by Crippen LogP contribution is 2.27. The number of carbonyl (C=O) groups excluding carboxylic acids is 3. The molecule has 1 unspecified atom stereocenters. The van der Waals surface area contributed by atoms with Gasteiger partial charge in [-0.1, -0.05) is 37.6 Å². The average molecular weight is 461 g/mol. The number of hydrazone groups is 1. The molecule has 3 amide bonds. The van der Waals surface area contributed by atoms with Crippen molar-refractivity contribution >= 4 is 35.5 Å². The lowest BCUT2D eigenvalue weighted by molar-refractivity contribution is -0.124. The van der Waals surface area contributed by atoms with Gasteiger partial charge < -0.3 is 20.5 Å². The summed E-state index contributed by atoms with van der Waals surface area (Å²) >= 11 is 6.06. The molecule has 32 heavy (non-hydrogen) atoms. The molecule has 0 aromatic heterocycles. The summed E-state index contributed by atoms with van der Waals surface area (Å²) in [5.41, 5.74) is 8.38. The molecule has 9 nitrogen and oxygen atoms in total. The molecule has 0 aliphatic heterocycles. The first kappa shape index (κ1) is 24.7. The second-order valence-electron chi connectivity index (χ2n) is 7.07. The summed E-state index contributed by atoms with van der Waals surface area (Å²) < 4.78 is 10.5. The van der Waals surface area contributed by atoms with Crippen molar-refractivity contribution in [2.24, 2.45) is 16.8 Å². The van der Waals surface area contributed by atoms with Crippen LogP contribution in [0.2, 0.25) is 5.02 Å². The van der Waals surface area contributed by atoms with E-state index in [1.807, 2.05) is 0 Å². The van der Waals surface area contributed by atoms with E-state index in [0.717, 1.165) is 0 Å². The van der Waals surface area contributed by atoms with Crippen LogP contribution in [0.3, 0.4) is 0 Å². The van der Waals surface area contributed by atoms with Crippen LogP contribution in [0, 0.1) is 5.92 Å². The fourth-order valence-electron chi connectivity index (χ4n) is 2.67. The summed E-state index contributed by atoms with van der Waals surface area (Å²) in [6.45, 7) is 3.32. The smallest absolute Gasteiger partial charge is 0.262 e. The Kier molecular flexibility index (Phi) is 9.03. The van der Waals surface area contributed by atoms with Crippen LogP contribution in [0.4, 0.5) is 0 Å². The summed E-state index contributed by atoms with van der Waals surface area (Å²) in [5.74, 6) is -1.03. The number of amides is 3. The molecule has 170 valence electrons. The summed E-state index contributed by atoms with van der Waals surface area (Å²) in [6, 6.07) is 10.6. The Labute approximate surface area is 190 Å². The number of hydrogen-bond acceptors (Lipinski definition) is 6. The normalized spacial score (nSPS) is 11.8. The predicted molar refractivity (Wildman–Crippen MR) is 121 cm³/mol. The maximum absolute atomic E-state index is 12.6. The van der Waals surface area contributed by atoms with E-state index < -0.39 is 23.8 Å². The van der Waals surface area contributed by atoms with Gasteiger partial charge in [0.25, 0.3) is 17.7 Å². The number of carbonyl (C=O) groups is 3. The van der Waals surface area contributed by atoms with Crippen LogP contribution in [0.25, 0.3) is 0 Å². The molecule has 0 saturated heterocycles. The number of methoxy groups -OCH3 is 1. The number of nitrogens with one attached hydrogen (secondary N) is 2. The van der Waals surface area contributed by atoms with Crippen LogP contribution in [0.1, 0.15) is 29.8 Å². The summed E-state index contributed by atoms with van der Waals surface area (Å²) in [6.07, 6.45) is 1.41. The Morgan fingerprint density at radius 1 is 1.16 bits per heavy atom. The summed E-state index contributed by atoms with van der Waals surface area (Å²) in [4.78, 5) is 36.0. The standard InChI is InChI=1S/C22H25ClN4O5/c1-13(2)20(26-21(29)15-6-4-5-7-16(15)23)22(30)27-25-11-14-8-9-17(18(10-14)31-3)32-12-19(24)28/h4-11,13,20H,12H2,1-3H3,(H2,24,28)(H,26,29)(H,27,30)/b25-11+. The molecule has 10 heteroatoms. The third kappa shape index (κ3) is 6.98. The monoisotopic (exact) mass is 460 g/mol. The number of benzene rings is 2. The minimum atomic E-state index is -0.824. The Bertz CT molecular complexity index is 1010. The predicted octanol–water partition coefficient (Wildman–Crippen LogP) is 2.12. The van der Waals surface area contributed by atoms with E-state index in [-0.39, 0.29) is 18.1 Å². The van der Waals surface area contributed by atoms with Crippen molar-refractivity contribution in [3.05, 3.63) is 58.6 Å². The van der Waals surface area contributed by atoms with E-state index in [9.17, 15) is 14.4 Å². The molecule has 0 radical (unpaired) electrons. The number of halogens is 1. The lowest BCUT2D eigenvalue weighted by Crippen LogP contribution is -2.48. The molecule has 0 aliphatic rings. The van der Waals surface area contributed by atoms with Crippen LogP contribution >= 0.6 is 11.6 Å². The minimum absolute atomic E-state index is 0.196. The number of hydrogen-bond donors (Lipinski definition) is 3. The second-order valence-corrected chi connectivity index (χ2v) is 7.48. The van der Waals surface area contributed by atoms with E-state index in [2.05, 4.69) is 15.8 Å². The first-order valence-electron chi connectivity index (χ1n) is 9.70. The quantitative estimate of drug-likeness (QED) is 0.369. The summed E-state index contributed by atoms with van der Waals surface area (Å²) in [5, 5.41) is 6.93. The van der Waals surface area contributed by atoms with Crippen LogP contribution in [0.15, 0.2) is 47.6 Å². The molecule has 4 N–H and O–H groups in total. The van der Waals surface area contributed by atoms with Gasteiger partial charge in [-0.05, 0) is 41.8 Å². The highest BCUT2D eigenvalue weighted by atomic mass is 35.5. The van der Waals surface area contributed by atoms with Gasteiger partial charge in [-0.15, -0.1) is 0 Å². The van der Waals surface area contributed by atoms with Crippen LogP contribution in [-0.2, 0) is 9.59 Å². The topological polar surface area (TPSA) is 132 Å². The van der Waals surface area contributed by atoms with Crippen LogP contribution in [-0.4, -0.2) is 43.7 Å². The average Bonchev–Trinajstić information content (AvgIpc) is 2.76. The molecule has 2 aromatic rings. The molecule has 0 aliphatic carbocycles. The molecule has 0 saturated carbocycles. The van der Waals surface area contributed by atoms with Crippen molar-refractivity contribution in [3.8, 4) is 11.5 Å². The molecule has 0 heterocycles. The molecular formula is C22H25ClN4O5. The number of nitrogens with zero attached hydrogens (tertiary/aromatic N) is 1. The van der Waals surface area contributed by atoms with Crippen molar-refractivity contribution in [1.82, 2.24) is 10.7 Å². The molecular weight excluding hydrogens is 436 g/mol. The van der Waals surface area contributed by atoms with E-state index >= 15 is 0 Å². The van der Waals surface area contributed by atoms with Gasteiger partial charge in [0, 0.05) is 0 Å². The Hall–Kier alpha value is -3.59. The van der Waals surface area contributed by atoms with Gasteiger partial charge in [0.05, 0.1) is 23.9 Å². The van der Waals surface area contributed by atoms with Crippen molar-refractivity contribution in [1.29, 1.82) is 0 Å². The van der Waals surface area contributed by atoms with Crippen LogP contribution in [0.5, 0.6) is 11.5 Å². The Balaban J connectivity index is 2.04. The second kappa shape index (κ2) is 11.7. The molecule has 0 spiro atoms. The SMILES string of the molecule is COc1cc(/C=N/NC(=O)C(NC(=O)c2ccccc2Cl)C(C)C)ccc1OCC(N)=O. The molecule has 0 fully saturated rings. The molecule has 0 bridgehead atoms. The maximum atomic E-state index is 12.6. The lowest BCUT2D eigenvalue weighted by atomic mass is 10.0. The van der Waals surface area contributed by atoms with E-state index in [4.69, 9.17) is 26.8 Å². The fraction of sp³-hybridized carbons (Fsp3) is 0.273. The number of nitrogens with two attached hydrogens (primary N) is 1. The Morgan fingerprint density at radius 3 is 2.50 bits per heavy atom. The zero-order chi connectivity index (χ0) is 23.7. The van der Waals surface area contributed by atoms with Crippen molar-refractivity contribution < 1.29 is 23.9 Å². The van der Waals surface area contributed by atoms with Crippen molar-refractivity contribution in [2.75, 3.05) is 13.7 Å². The van der Waals surface area contributed by atoms with Gasteiger partial charge in [-0.2, -0.15) is 5.10 Å². The third-order valence-electron chi connectivity index (χ3n) is 4.30. The highest BCUT2D eigenvalue weighted by Gasteiger charge is 2.25. The number of rotatable bonds is 10. The third-order valence-corrected chi connectivity index (χ3v) is 4.63. The Morgan fingerprint density at radius 2 is 1.88 bits per heavy atom. The first-order chi connectivity index (χ1) is 15.2. The van der Waals surface area contributed by atoms with Crippen molar-refractivity contribution in [3.63, 3.8) is 0 Å². The number of ether oxygens (including phenoxy) is 2. The lowest BCUT2D eigenvalue weighted by Gasteiger charge is -2.20. The van der Waals surface area contributed by atoms with Gasteiger partial charge in [0.1, 0.15) is 6.04 Å². The zero-order valence-corrected chi connectivity index (χ0v) is 18.7. The largest absolute Gasteiger partial charge is 0.493 e.